The first kappa shape index (κ1) is 8.91. The Kier molecular flexibility index (Phi) is 3.45. The molecule has 2 nitrogen and oxygen atoms in total. The normalized spacial score (nSPS) is 18.4. The predicted octanol–water partition coefficient (Wildman–Crippen LogP) is 2.38. The molecule has 0 aliphatic carbocycles. The first-order valence-electron chi connectivity index (χ1n) is 4.22. The minimum Gasteiger partial charge on any atom is -0.288 e. The van der Waals surface area contributed by atoms with E-state index in [4.69, 9.17) is 0 Å². The van der Waals surface area contributed by atoms with Crippen molar-refractivity contribution in [1.82, 2.24) is 0 Å². The molecule has 0 fully saturated rings. The topological polar surface area (TPSA) is 24.7 Å². The van der Waals surface area contributed by atoms with E-state index in [1.165, 1.54) is 0 Å². The van der Waals surface area contributed by atoms with Gasteiger partial charge in [-0.05, 0) is 32.6 Å². The molecule has 1 aliphatic rings. The average Bonchev–Trinajstić information content (AvgIpc) is 2.59. The van der Waals surface area contributed by atoms with Crippen LogP contribution in [0.5, 0.6) is 0 Å². The van der Waals surface area contributed by atoms with Crippen molar-refractivity contribution in [3.63, 3.8) is 0 Å². The van der Waals surface area contributed by atoms with Crippen LogP contribution >= 0.6 is 0 Å². The van der Waals surface area contributed by atoms with Gasteiger partial charge in [-0.15, -0.1) is 0 Å². The van der Waals surface area contributed by atoms with E-state index in [0.29, 0.717) is 0 Å². The van der Waals surface area contributed by atoms with E-state index in [-0.39, 0.29) is 0 Å². The van der Waals surface area contributed by atoms with Gasteiger partial charge in [0.05, 0.1) is 11.4 Å². The number of nitrogens with zero attached hydrogens (tertiary/aromatic N) is 2. The smallest absolute Gasteiger partial charge is 0.0832 e. The van der Waals surface area contributed by atoms with Gasteiger partial charge in [-0.2, -0.15) is 0 Å². The highest BCUT2D eigenvalue weighted by molar-refractivity contribution is 6.01. The molecule has 0 spiro atoms. The average molecular weight is 162 g/mol. The van der Waals surface area contributed by atoms with Crippen LogP contribution in [0.25, 0.3) is 0 Å². The van der Waals surface area contributed by atoms with Gasteiger partial charge >= 0.3 is 0 Å². The Hall–Kier alpha value is -1.18. The molecule has 1 rings (SSSR count). The second kappa shape index (κ2) is 4.65. The van der Waals surface area contributed by atoms with Crippen molar-refractivity contribution in [2.45, 2.75) is 19.8 Å². The second-order valence-electron chi connectivity index (χ2n) is 2.67. The van der Waals surface area contributed by atoms with Crippen molar-refractivity contribution in [1.29, 1.82) is 0 Å². The van der Waals surface area contributed by atoms with Gasteiger partial charge in [0.1, 0.15) is 0 Å². The fourth-order valence-corrected chi connectivity index (χ4v) is 1.18. The van der Waals surface area contributed by atoms with Crippen molar-refractivity contribution in [3.05, 3.63) is 23.9 Å². The van der Waals surface area contributed by atoms with E-state index in [1.807, 2.05) is 25.2 Å². The highest BCUT2D eigenvalue weighted by Gasteiger charge is 2.08. The Morgan fingerprint density at radius 1 is 1.67 bits per heavy atom. The molecule has 0 atom stereocenters. The first-order valence-corrected chi connectivity index (χ1v) is 4.22. The summed E-state index contributed by atoms with van der Waals surface area (Å²) in [5.41, 5.74) is 2.02. The second-order valence-corrected chi connectivity index (χ2v) is 2.67. The fourth-order valence-electron chi connectivity index (χ4n) is 1.18. The molecular formula is C10H14N2. The zero-order valence-electron chi connectivity index (χ0n) is 7.45. The Morgan fingerprint density at radius 3 is 3.00 bits per heavy atom. The van der Waals surface area contributed by atoms with Gasteiger partial charge in [0.2, 0.25) is 0 Å². The van der Waals surface area contributed by atoms with Crippen LogP contribution in [0, 0.1) is 0 Å². The number of rotatable bonds is 3. The third-order valence-electron chi connectivity index (χ3n) is 1.79. The maximum Gasteiger partial charge on any atom is 0.0832 e. The molecule has 0 unspecified atom stereocenters. The molecule has 0 aromatic heterocycles. The molecule has 0 N–H and O–H groups in total. The molecule has 2 heteroatoms. The molecule has 0 radical (unpaired) electrons. The van der Waals surface area contributed by atoms with Gasteiger partial charge in [0.15, 0.2) is 0 Å². The maximum absolute atomic E-state index is 4.34. The van der Waals surface area contributed by atoms with Crippen LogP contribution in [0.3, 0.4) is 0 Å². The zero-order chi connectivity index (χ0) is 8.81. The maximum atomic E-state index is 4.34. The van der Waals surface area contributed by atoms with Crippen LogP contribution in [0.4, 0.5) is 0 Å². The van der Waals surface area contributed by atoms with Crippen LogP contribution in [0.2, 0.25) is 0 Å². The Balaban J connectivity index is 2.73. The number of allylic oxidation sites excluding steroid dienone is 4. The zero-order valence-corrected chi connectivity index (χ0v) is 7.45. The van der Waals surface area contributed by atoms with E-state index in [0.717, 1.165) is 30.8 Å². The molecule has 0 aromatic carbocycles. The lowest BCUT2D eigenvalue weighted by Gasteiger charge is -1.97. The summed E-state index contributed by atoms with van der Waals surface area (Å²) in [5.74, 6) is 0. The van der Waals surface area contributed by atoms with Gasteiger partial charge < -0.3 is 0 Å². The highest BCUT2D eigenvalue weighted by atomic mass is 14.8. The van der Waals surface area contributed by atoms with E-state index >= 15 is 0 Å². The summed E-state index contributed by atoms with van der Waals surface area (Å²) in [7, 11) is 0. The van der Waals surface area contributed by atoms with Gasteiger partial charge in [0.25, 0.3) is 0 Å². The molecule has 1 heterocycles. The quantitative estimate of drug-likeness (QED) is 0.449. The third-order valence-corrected chi connectivity index (χ3v) is 1.79. The van der Waals surface area contributed by atoms with E-state index in [9.17, 15) is 0 Å². The predicted molar refractivity (Wildman–Crippen MR) is 54.0 cm³/mol. The summed E-state index contributed by atoms with van der Waals surface area (Å²) in [5, 5.41) is 0. The largest absolute Gasteiger partial charge is 0.288 e. The Morgan fingerprint density at radius 2 is 2.50 bits per heavy atom. The molecule has 1 aliphatic heterocycles. The lowest BCUT2D eigenvalue weighted by atomic mass is 10.2. The van der Waals surface area contributed by atoms with Crippen molar-refractivity contribution in [3.8, 4) is 0 Å². The molecule has 0 bridgehead atoms. The molecule has 0 amide bonds. The minimum atomic E-state index is 0.922. The van der Waals surface area contributed by atoms with Crippen LogP contribution in [-0.4, -0.2) is 19.0 Å². The van der Waals surface area contributed by atoms with E-state index < -0.39 is 0 Å². The molecule has 0 saturated carbocycles. The van der Waals surface area contributed by atoms with Crippen LogP contribution in [0.15, 0.2) is 33.9 Å². The lowest BCUT2D eigenvalue weighted by molar-refractivity contribution is 0.951. The van der Waals surface area contributed by atoms with Crippen molar-refractivity contribution in [2.24, 2.45) is 9.98 Å². The monoisotopic (exact) mass is 162 g/mol. The summed E-state index contributed by atoms with van der Waals surface area (Å²) in [6.07, 6.45) is 8.09. The SMILES string of the molecule is C=N/C(=C\C=C/C)C1=NCCC1. The van der Waals surface area contributed by atoms with Gasteiger partial charge in [0, 0.05) is 6.54 Å². The summed E-state index contributed by atoms with van der Waals surface area (Å²) in [6.45, 7) is 6.45. The molecule has 64 valence electrons. The fraction of sp³-hybridized carbons (Fsp3) is 0.400. The number of aliphatic imine (C=N–C) groups is 2. The third kappa shape index (κ3) is 2.16. The highest BCUT2D eigenvalue weighted by Crippen LogP contribution is 2.12. The summed E-state index contributed by atoms with van der Waals surface area (Å²) < 4.78 is 0. The lowest BCUT2D eigenvalue weighted by Crippen LogP contribution is -1.95. The Bertz CT molecular complexity index is 247. The molecular weight excluding hydrogens is 148 g/mol. The molecule has 0 saturated heterocycles. The summed E-state index contributed by atoms with van der Waals surface area (Å²) in [6, 6.07) is 0. The minimum absolute atomic E-state index is 0.922. The van der Waals surface area contributed by atoms with Crippen LogP contribution in [0.1, 0.15) is 19.8 Å². The van der Waals surface area contributed by atoms with Crippen LogP contribution in [-0.2, 0) is 0 Å². The van der Waals surface area contributed by atoms with Crippen molar-refractivity contribution in [2.75, 3.05) is 6.54 Å². The summed E-state index contributed by atoms with van der Waals surface area (Å²) >= 11 is 0. The van der Waals surface area contributed by atoms with Crippen molar-refractivity contribution >= 4 is 12.4 Å². The Labute approximate surface area is 73.4 Å². The number of hydrogen-bond acceptors (Lipinski definition) is 2. The van der Waals surface area contributed by atoms with Crippen LogP contribution < -0.4 is 0 Å². The van der Waals surface area contributed by atoms with Crippen molar-refractivity contribution < 1.29 is 0 Å². The van der Waals surface area contributed by atoms with E-state index in [2.05, 4.69) is 16.7 Å². The number of hydrogen-bond donors (Lipinski definition) is 0. The molecule has 12 heavy (non-hydrogen) atoms. The van der Waals surface area contributed by atoms with E-state index in [1.54, 1.807) is 0 Å². The van der Waals surface area contributed by atoms with Gasteiger partial charge in [-0.25, -0.2) is 0 Å². The van der Waals surface area contributed by atoms with Gasteiger partial charge in [-0.3, -0.25) is 9.98 Å². The first-order chi connectivity index (χ1) is 5.88. The van der Waals surface area contributed by atoms with Gasteiger partial charge in [-0.1, -0.05) is 12.2 Å². The molecule has 0 aromatic rings. The standard InChI is InChI=1S/C10H14N2/c1-3-4-6-9(11-2)10-7-5-8-12-10/h3-4,6H,2,5,7-8H2,1H3/b4-3-,9-6-. The summed E-state index contributed by atoms with van der Waals surface area (Å²) in [4.78, 5) is 8.28.